The maximum atomic E-state index is 12.5. The van der Waals surface area contributed by atoms with Crippen molar-refractivity contribution in [2.75, 3.05) is 19.5 Å². The van der Waals surface area contributed by atoms with E-state index in [0.29, 0.717) is 22.6 Å². The Balaban J connectivity index is 2.35. The molecule has 4 rings (SSSR count). The average Bonchev–Trinajstić information content (AvgIpc) is 2.90. The molecule has 1 amide bonds. The van der Waals surface area contributed by atoms with Crippen LogP contribution in [0.25, 0.3) is 21.5 Å². The molecule has 0 aliphatic carbocycles. The highest BCUT2D eigenvalue weighted by Gasteiger charge is 2.32. The molecule has 0 unspecified atom stereocenters. The molecule has 3 aromatic carbocycles. The summed E-state index contributed by atoms with van der Waals surface area (Å²) in [7, 11) is 3.05. The van der Waals surface area contributed by atoms with E-state index in [-0.39, 0.29) is 12.5 Å². The molecule has 0 saturated heterocycles. The van der Waals surface area contributed by atoms with Gasteiger partial charge in [0.2, 0.25) is 0 Å². The second-order valence-corrected chi connectivity index (χ2v) is 5.43. The van der Waals surface area contributed by atoms with Gasteiger partial charge in [0.25, 0.3) is 5.91 Å². The second-order valence-electron chi connectivity index (χ2n) is 5.43. The lowest BCUT2D eigenvalue weighted by atomic mass is 9.94. The molecule has 23 heavy (non-hydrogen) atoms. The molecular weight excluding hydrogens is 294 g/mol. The number of amides is 1. The van der Waals surface area contributed by atoms with Gasteiger partial charge in [-0.15, -0.1) is 0 Å². The summed E-state index contributed by atoms with van der Waals surface area (Å²) in [5.41, 5.74) is 1.67. The van der Waals surface area contributed by atoms with Gasteiger partial charge in [-0.2, -0.15) is 0 Å². The molecule has 3 aromatic rings. The average molecular weight is 309 g/mol. The van der Waals surface area contributed by atoms with Crippen LogP contribution in [0.3, 0.4) is 0 Å². The minimum atomic E-state index is -0.277. The Morgan fingerprint density at radius 3 is 2.52 bits per heavy atom. The molecule has 0 atom stereocenters. The zero-order valence-corrected chi connectivity index (χ0v) is 12.8. The van der Waals surface area contributed by atoms with Crippen LogP contribution in [-0.2, 0) is 6.61 Å². The lowest BCUT2D eigenvalue weighted by Gasteiger charge is -2.17. The molecule has 0 saturated carbocycles. The number of anilines is 1. The predicted molar refractivity (Wildman–Crippen MR) is 88.4 cm³/mol. The molecule has 0 aromatic heterocycles. The van der Waals surface area contributed by atoms with Gasteiger partial charge < -0.3 is 19.9 Å². The van der Waals surface area contributed by atoms with E-state index in [1.54, 1.807) is 7.11 Å². The molecule has 1 aliphatic heterocycles. The Labute approximate surface area is 132 Å². The Morgan fingerprint density at radius 1 is 1.09 bits per heavy atom. The first-order chi connectivity index (χ1) is 11.2. The number of nitrogens with one attached hydrogen (secondary N) is 1. The van der Waals surface area contributed by atoms with Gasteiger partial charge in [-0.3, -0.25) is 4.79 Å². The molecule has 1 aliphatic rings. The van der Waals surface area contributed by atoms with Crippen molar-refractivity contribution >= 4 is 33.1 Å². The lowest BCUT2D eigenvalue weighted by Crippen LogP contribution is -2.08. The van der Waals surface area contributed by atoms with Crippen LogP contribution in [-0.4, -0.2) is 25.2 Å². The number of aliphatic hydroxyl groups excluding tert-OH is 1. The van der Waals surface area contributed by atoms with Gasteiger partial charge in [0.1, 0.15) is 11.5 Å². The van der Waals surface area contributed by atoms with E-state index in [1.807, 2.05) is 30.3 Å². The van der Waals surface area contributed by atoms with Crippen LogP contribution in [0.5, 0.6) is 11.5 Å². The molecule has 0 radical (unpaired) electrons. The summed E-state index contributed by atoms with van der Waals surface area (Å²) in [5, 5.41) is 16.3. The highest BCUT2D eigenvalue weighted by molar-refractivity contribution is 6.31. The molecule has 0 bridgehead atoms. The third-order valence-electron chi connectivity index (χ3n) is 4.34. The van der Waals surface area contributed by atoms with Crippen LogP contribution in [0.2, 0.25) is 0 Å². The first-order valence-electron chi connectivity index (χ1n) is 7.25. The van der Waals surface area contributed by atoms with Crippen LogP contribution in [0.1, 0.15) is 15.9 Å². The molecule has 5 nitrogen and oxygen atoms in total. The zero-order valence-electron chi connectivity index (χ0n) is 12.8. The number of benzene rings is 3. The summed E-state index contributed by atoms with van der Waals surface area (Å²) in [5.74, 6) is 0.676. The van der Waals surface area contributed by atoms with Crippen LogP contribution < -0.4 is 14.8 Å². The van der Waals surface area contributed by atoms with E-state index in [4.69, 9.17) is 9.47 Å². The van der Waals surface area contributed by atoms with Crippen molar-refractivity contribution in [3.63, 3.8) is 0 Å². The number of aliphatic hydroxyl groups is 1. The molecular formula is C18H15NO4. The summed E-state index contributed by atoms with van der Waals surface area (Å²) in [6.45, 7) is -0.277. The molecule has 5 heteroatoms. The van der Waals surface area contributed by atoms with Crippen molar-refractivity contribution in [2.45, 2.75) is 6.61 Å². The highest BCUT2D eigenvalue weighted by Crippen LogP contribution is 2.49. The van der Waals surface area contributed by atoms with E-state index in [2.05, 4.69) is 5.32 Å². The fourth-order valence-corrected chi connectivity index (χ4v) is 3.46. The van der Waals surface area contributed by atoms with E-state index in [0.717, 1.165) is 27.2 Å². The van der Waals surface area contributed by atoms with Gasteiger partial charge in [-0.25, -0.2) is 0 Å². The van der Waals surface area contributed by atoms with E-state index in [9.17, 15) is 9.90 Å². The minimum Gasteiger partial charge on any atom is -0.496 e. The van der Waals surface area contributed by atoms with E-state index in [1.165, 1.54) is 7.11 Å². The molecule has 0 spiro atoms. The van der Waals surface area contributed by atoms with Crippen molar-refractivity contribution in [1.82, 2.24) is 0 Å². The van der Waals surface area contributed by atoms with Crippen LogP contribution in [0.4, 0.5) is 5.69 Å². The number of methoxy groups -OCH3 is 2. The second kappa shape index (κ2) is 4.86. The van der Waals surface area contributed by atoms with Gasteiger partial charge in [0.05, 0.1) is 37.6 Å². The van der Waals surface area contributed by atoms with Crippen molar-refractivity contribution in [1.29, 1.82) is 0 Å². The quantitative estimate of drug-likeness (QED) is 0.730. The van der Waals surface area contributed by atoms with Crippen molar-refractivity contribution in [3.05, 3.63) is 41.5 Å². The van der Waals surface area contributed by atoms with Crippen LogP contribution in [0, 0.1) is 0 Å². The fraction of sp³-hybridized carbons (Fsp3) is 0.167. The first-order valence-corrected chi connectivity index (χ1v) is 7.25. The third-order valence-corrected chi connectivity index (χ3v) is 4.34. The third kappa shape index (κ3) is 1.68. The summed E-state index contributed by atoms with van der Waals surface area (Å²) >= 11 is 0. The fourth-order valence-electron chi connectivity index (χ4n) is 3.46. The van der Waals surface area contributed by atoms with E-state index < -0.39 is 0 Å². The number of ether oxygens (including phenoxy) is 2. The Bertz CT molecular complexity index is 978. The molecule has 2 N–H and O–H groups in total. The Kier molecular flexibility index (Phi) is 2.92. The standard InChI is InChI=1S/C18H15NO4/c1-22-16-11(8-20)17(23-2)15-14-12(19-18(15)21)7-9-5-3-4-6-10(9)13(14)16/h3-7,20H,8H2,1-2H3,(H,19,21). The summed E-state index contributed by atoms with van der Waals surface area (Å²) < 4.78 is 11.0. The van der Waals surface area contributed by atoms with Crippen LogP contribution >= 0.6 is 0 Å². The van der Waals surface area contributed by atoms with E-state index >= 15 is 0 Å². The molecule has 116 valence electrons. The number of hydrogen-bond acceptors (Lipinski definition) is 4. The topological polar surface area (TPSA) is 67.8 Å². The van der Waals surface area contributed by atoms with Gasteiger partial charge in [-0.1, -0.05) is 24.3 Å². The predicted octanol–water partition coefficient (Wildman–Crippen LogP) is 3.07. The minimum absolute atomic E-state index is 0.227. The summed E-state index contributed by atoms with van der Waals surface area (Å²) in [6.07, 6.45) is 0. The number of fused-ring (bicyclic) bond motifs is 2. The number of hydrogen-bond donors (Lipinski definition) is 2. The van der Waals surface area contributed by atoms with Gasteiger partial charge in [-0.05, 0) is 16.8 Å². The van der Waals surface area contributed by atoms with Crippen molar-refractivity contribution < 1.29 is 19.4 Å². The van der Waals surface area contributed by atoms with Gasteiger partial charge in [0, 0.05) is 10.8 Å². The Hall–Kier alpha value is -2.79. The molecule has 0 fully saturated rings. The normalized spacial score (nSPS) is 12.7. The van der Waals surface area contributed by atoms with Crippen molar-refractivity contribution in [3.8, 4) is 11.5 Å². The maximum Gasteiger partial charge on any atom is 0.260 e. The van der Waals surface area contributed by atoms with Crippen LogP contribution in [0.15, 0.2) is 30.3 Å². The Morgan fingerprint density at radius 2 is 1.83 bits per heavy atom. The van der Waals surface area contributed by atoms with Gasteiger partial charge >= 0.3 is 0 Å². The number of carbonyl (C=O) groups is 1. The van der Waals surface area contributed by atoms with Crippen molar-refractivity contribution in [2.24, 2.45) is 0 Å². The number of rotatable bonds is 3. The SMILES string of the molecule is COc1c(CO)c(OC)c2c3c(cc4ccccc42)NC(=O)c13. The van der Waals surface area contributed by atoms with Gasteiger partial charge in [0.15, 0.2) is 0 Å². The lowest BCUT2D eigenvalue weighted by molar-refractivity contribution is 0.102. The summed E-state index contributed by atoms with van der Waals surface area (Å²) in [6, 6.07) is 9.80. The monoisotopic (exact) mass is 309 g/mol. The highest BCUT2D eigenvalue weighted by atomic mass is 16.5. The maximum absolute atomic E-state index is 12.5. The first kappa shape index (κ1) is 13.8. The zero-order chi connectivity index (χ0) is 16.1. The molecule has 1 heterocycles. The largest absolute Gasteiger partial charge is 0.496 e. The number of carbonyl (C=O) groups excluding carboxylic acids is 1. The smallest absolute Gasteiger partial charge is 0.260 e. The summed E-state index contributed by atoms with van der Waals surface area (Å²) in [4.78, 5) is 12.5.